The zero-order chi connectivity index (χ0) is 19.8. The number of carbonyl (C=O) groups is 3. The topological polar surface area (TPSA) is 117 Å². The summed E-state index contributed by atoms with van der Waals surface area (Å²) in [5.74, 6) is -1.69. The number of fused-ring (bicyclic) bond motifs is 1. The van der Waals surface area contributed by atoms with Crippen LogP contribution in [0.4, 0.5) is 4.79 Å². The number of rotatable bonds is 7. The number of nitrogens with zero attached hydrogens (tertiary/aromatic N) is 2. The third-order valence-electron chi connectivity index (χ3n) is 3.64. The predicted molar refractivity (Wildman–Crippen MR) is 96.4 cm³/mol. The number of imide groups is 1. The Bertz CT molecular complexity index is 906. The van der Waals surface area contributed by atoms with Gasteiger partial charge in [0.1, 0.15) is 0 Å². The summed E-state index contributed by atoms with van der Waals surface area (Å²) in [7, 11) is 0. The molecule has 1 aromatic heterocycles. The Morgan fingerprint density at radius 2 is 1.81 bits per heavy atom. The van der Waals surface area contributed by atoms with Crippen molar-refractivity contribution in [3.05, 3.63) is 40.3 Å². The summed E-state index contributed by atoms with van der Waals surface area (Å²) in [6.07, 6.45) is 0.659. The molecule has 144 valence electrons. The molecule has 0 aliphatic rings. The van der Waals surface area contributed by atoms with Gasteiger partial charge < -0.3 is 9.47 Å². The number of carbonyl (C=O) groups excluding carboxylic acids is 3. The summed E-state index contributed by atoms with van der Waals surface area (Å²) in [5.41, 5.74) is -0.360. The second-order valence-electron chi connectivity index (χ2n) is 5.62. The highest BCUT2D eigenvalue weighted by Crippen LogP contribution is 2.14. The van der Waals surface area contributed by atoms with Gasteiger partial charge in [-0.05, 0) is 19.4 Å². The number of alkyl carbamates (subject to hydrolysis) is 1. The molecule has 0 bridgehead atoms. The van der Waals surface area contributed by atoms with Crippen molar-refractivity contribution in [2.45, 2.75) is 33.2 Å². The average Bonchev–Trinajstić information content (AvgIpc) is 2.66. The van der Waals surface area contributed by atoms with E-state index in [2.05, 4.69) is 9.84 Å². The van der Waals surface area contributed by atoms with E-state index in [1.54, 1.807) is 31.2 Å². The number of hydrogen-bond acceptors (Lipinski definition) is 7. The van der Waals surface area contributed by atoms with Crippen LogP contribution in [0, 0.1) is 0 Å². The molecule has 9 nitrogen and oxygen atoms in total. The van der Waals surface area contributed by atoms with Crippen LogP contribution in [0.3, 0.4) is 0 Å². The number of esters is 1. The summed E-state index contributed by atoms with van der Waals surface area (Å²) in [5, 5.41) is 6.71. The molecule has 0 saturated heterocycles. The van der Waals surface area contributed by atoms with Gasteiger partial charge in [0.25, 0.3) is 11.5 Å². The molecule has 1 aromatic carbocycles. The molecule has 1 heterocycles. The number of unbranched alkanes of at least 4 members (excludes halogenated alkanes) is 1. The fraction of sp³-hybridized carbons (Fsp3) is 0.389. The van der Waals surface area contributed by atoms with Crippen molar-refractivity contribution in [2.75, 3.05) is 13.2 Å². The molecule has 9 heteroatoms. The van der Waals surface area contributed by atoms with Crippen LogP contribution in [-0.2, 0) is 20.8 Å². The van der Waals surface area contributed by atoms with E-state index in [4.69, 9.17) is 4.74 Å². The van der Waals surface area contributed by atoms with Crippen molar-refractivity contribution in [3.8, 4) is 0 Å². The van der Waals surface area contributed by atoms with Crippen LogP contribution >= 0.6 is 0 Å². The van der Waals surface area contributed by atoms with E-state index < -0.39 is 24.6 Å². The van der Waals surface area contributed by atoms with Gasteiger partial charge in [-0.1, -0.05) is 31.5 Å². The molecule has 0 spiro atoms. The highest BCUT2D eigenvalue weighted by atomic mass is 16.6. The largest absolute Gasteiger partial charge is 0.451 e. The van der Waals surface area contributed by atoms with Gasteiger partial charge in [0, 0.05) is 11.9 Å². The Morgan fingerprint density at radius 3 is 2.48 bits per heavy atom. The summed E-state index contributed by atoms with van der Waals surface area (Å²) in [6, 6.07) is 6.55. The van der Waals surface area contributed by atoms with Crippen LogP contribution in [0.25, 0.3) is 10.8 Å². The standard InChI is InChI=1S/C18H21N3O6/c1-3-5-10-21-16(23)13-9-7-6-8-12(13)15(20-21)17(24)27-11-14(22)19-18(25)26-4-2/h6-9H,3-5,10-11H2,1-2H3,(H,19,22,25). The van der Waals surface area contributed by atoms with Gasteiger partial charge in [-0.15, -0.1) is 0 Å². The molecule has 0 fully saturated rings. The van der Waals surface area contributed by atoms with E-state index in [1.165, 1.54) is 4.68 Å². The van der Waals surface area contributed by atoms with Crippen molar-refractivity contribution >= 4 is 28.7 Å². The van der Waals surface area contributed by atoms with E-state index in [0.29, 0.717) is 17.3 Å². The molecule has 2 amide bonds. The minimum Gasteiger partial charge on any atom is -0.451 e. The number of ether oxygens (including phenoxy) is 2. The first-order chi connectivity index (χ1) is 13.0. The molecule has 1 N–H and O–H groups in total. The molecule has 0 saturated carbocycles. The summed E-state index contributed by atoms with van der Waals surface area (Å²) >= 11 is 0. The van der Waals surface area contributed by atoms with Gasteiger partial charge in [-0.25, -0.2) is 14.3 Å². The van der Waals surface area contributed by atoms with Crippen LogP contribution in [-0.4, -0.2) is 41.0 Å². The number of aromatic nitrogens is 2. The molecular weight excluding hydrogens is 354 g/mol. The van der Waals surface area contributed by atoms with Gasteiger partial charge in [-0.2, -0.15) is 5.10 Å². The molecular formula is C18H21N3O6. The second kappa shape index (κ2) is 9.46. The minimum atomic E-state index is -0.921. The summed E-state index contributed by atoms with van der Waals surface area (Å²) < 4.78 is 10.7. The number of benzene rings is 1. The lowest BCUT2D eigenvalue weighted by molar-refractivity contribution is -0.123. The summed E-state index contributed by atoms with van der Waals surface area (Å²) in [4.78, 5) is 47.7. The second-order valence-corrected chi connectivity index (χ2v) is 5.62. The van der Waals surface area contributed by atoms with Gasteiger partial charge in [0.15, 0.2) is 12.3 Å². The smallest absolute Gasteiger partial charge is 0.413 e. The highest BCUT2D eigenvalue weighted by molar-refractivity contribution is 6.03. The zero-order valence-electron chi connectivity index (χ0n) is 15.2. The van der Waals surface area contributed by atoms with Crippen molar-refractivity contribution in [2.24, 2.45) is 0 Å². The van der Waals surface area contributed by atoms with Crippen molar-refractivity contribution in [1.82, 2.24) is 15.1 Å². The van der Waals surface area contributed by atoms with Gasteiger partial charge >= 0.3 is 12.1 Å². The fourth-order valence-electron chi connectivity index (χ4n) is 2.36. The number of aryl methyl sites for hydroxylation is 1. The Labute approximate surface area is 155 Å². The quantitative estimate of drug-likeness (QED) is 0.731. The number of hydrogen-bond donors (Lipinski definition) is 1. The first-order valence-corrected chi connectivity index (χ1v) is 8.61. The van der Waals surface area contributed by atoms with Crippen LogP contribution in [0.1, 0.15) is 37.2 Å². The maximum Gasteiger partial charge on any atom is 0.413 e. The third-order valence-corrected chi connectivity index (χ3v) is 3.64. The van der Waals surface area contributed by atoms with E-state index >= 15 is 0 Å². The van der Waals surface area contributed by atoms with E-state index in [-0.39, 0.29) is 17.9 Å². The van der Waals surface area contributed by atoms with Crippen LogP contribution in [0.5, 0.6) is 0 Å². The fourth-order valence-corrected chi connectivity index (χ4v) is 2.36. The third kappa shape index (κ3) is 5.13. The first kappa shape index (κ1) is 20.1. The monoisotopic (exact) mass is 375 g/mol. The van der Waals surface area contributed by atoms with Crippen LogP contribution in [0.15, 0.2) is 29.1 Å². The minimum absolute atomic E-state index is 0.0646. The molecule has 0 aliphatic heterocycles. The molecule has 0 aliphatic carbocycles. The molecule has 27 heavy (non-hydrogen) atoms. The Balaban J connectivity index is 2.22. The maximum absolute atomic E-state index is 12.5. The van der Waals surface area contributed by atoms with E-state index in [0.717, 1.165) is 12.8 Å². The van der Waals surface area contributed by atoms with Gasteiger partial charge in [-0.3, -0.25) is 14.9 Å². The average molecular weight is 375 g/mol. The van der Waals surface area contributed by atoms with Crippen molar-refractivity contribution in [1.29, 1.82) is 0 Å². The Hall–Kier alpha value is -3.23. The van der Waals surface area contributed by atoms with Gasteiger partial charge in [0.2, 0.25) is 0 Å². The lowest BCUT2D eigenvalue weighted by Gasteiger charge is -2.10. The normalized spacial score (nSPS) is 10.4. The first-order valence-electron chi connectivity index (χ1n) is 8.61. The van der Waals surface area contributed by atoms with Crippen LogP contribution in [0.2, 0.25) is 0 Å². The van der Waals surface area contributed by atoms with Crippen LogP contribution < -0.4 is 10.9 Å². The molecule has 2 rings (SSSR count). The molecule has 0 radical (unpaired) electrons. The zero-order valence-corrected chi connectivity index (χ0v) is 15.2. The number of nitrogens with one attached hydrogen (secondary N) is 1. The van der Waals surface area contributed by atoms with E-state index in [9.17, 15) is 19.2 Å². The Kier molecular flexibility index (Phi) is 7.04. The van der Waals surface area contributed by atoms with Crippen molar-refractivity contribution < 1.29 is 23.9 Å². The lowest BCUT2D eigenvalue weighted by Crippen LogP contribution is -2.35. The molecule has 2 aromatic rings. The summed E-state index contributed by atoms with van der Waals surface area (Å²) in [6.45, 7) is 3.36. The Morgan fingerprint density at radius 1 is 1.11 bits per heavy atom. The van der Waals surface area contributed by atoms with Crippen molar-refractivity contribution in [3.63, 3.8) is 0 Å². The molecule has 0 atom stereocenters. The molecule has 0 unspecified atom stereocenters. The van der Waals surface area contributed by atoms with Gasteiger partial charge in [0.05, 0.1) is 12.0 Å². The van der Waals surface area contributed by atoms with E-state index in [1.807, 2.05) is 12.2 Å². The maximum atomic E-state index is 12.5. The predicted octanol–water partition coefficient (Wildman–Crippen LogP) is 1.63. The number of amides is 2. The SMILES string of the molecule is CCCCn1nc(C(=O)OCC(=O)NC(=O)OCC)c2ccccc2c1=O. The lowest BCUT2D eigenvalue weighted by atomic mass is 10.1. The highest BCUT2D eigenvalue weighted by Gasteiger charge is 2.19.